The molecule has 0 aliphatic carbocycles. The van der Waals surface area contributed by atoms with Crippen LogP contribution in [0.5, 0.6) is 0 Å². The SMILES string of the molecule is Cc1nnc(CN(C)CC=Cc2ccc(F)cc2)o1. The molecule has 1 heterocycles. The molecule has 0 fully saturated rings. The van der Waals surface area contributed by atoms with E-state index in [0.29, 0.717) is 18.3 Å². The summed E-state index contributed by atoms with van der Waals surface area (Å²) in [5, 5.41) is 7.72. The summed E-state index contributed by atoms with van der Waals surface area (Å²) in [6.45, 7) is 3.12. The van der Waals surface area contributed by atoms with Crippen LogP contribution in [0, 0.1) is 12.7 Å². The molecule has 0 aliphatic heterocycles. The molecule has 100 valence electrons. The van der Waals surface area contributed by atoms with Gasteiger partial charge in [0.05, 0.1) is 6.54 Å². The van der Waals surface area contributed by atoms with Gasteiger partial charge in [-0.2, -0.15) is 0 Å². The number of aromatic nitrogens is 2. The average Bonchev–Trinajstić information content (AvgIpc) is 2.77. The number of hydrogen-bond donors (Lipinski definition) is 0. The number of likely N-dealkylation sites (N-methyl/N-ethyl adjacent to an activating group) is 1. The number of rotatable bonds is 5. The minimum atomic E-state index is -0.221. The minimum absolute atomic E-state index is 0.221. The summed E-state index contributed by atoms with van der Waals surface area (Å²) < 4.78 is 18.0. The van der Waals surface area contributed by atoms with Crippen LogP contribution in [-0.2, 0) is 6.54 Å². The molecule has 0 saturated carbocycles. The zero-order valence-electron chi connectivity index (χ0n) is 11.0. The van der Waals surface area contributed by atoms with Crippen LogP contribution in [0.2, 0.25) is 0 Å². The van der Waals surface area contributed by atoms with Crippen LogP contribution in [0.3, 0.4) is 0 Å². The first-order chi connectivity index (χ1) is 9.13. The Morgan fingerprint density at radius 3 is 2.63 bits per heavy atom. The second-order valence-electron chi connectivity index (χ2n) is 4.37. The van der Waals surface area contributed by atoms with E-state index < -0.39 is 0 Å². The quantitative estimate of drug-likeness (QED) is 0.829. The molecule has 0 saturated heterocycles. The molecule has 0 spiro atoms. The van der Waals surface area contributed by atoms with Gasteiger partial charge in [-0.25, -0.2) is 4.39 Å². The Morgan fingerprint density at radius 1 is 1.26 bits per heavy atom. The molecule has 0 radical (unpaired) electrons. The number of halogens is 1. The maximum Gasteiger partial charge on any atom is 0.230 e. The van der Waals surface area contributed by atoms with Crippen molar-refractivity contribution in [3.8, 4) is 0 Å². The average molecular weight is 261 g/mol. The summed E-state index contributed by atoms with van der Waals surface area (Å²) in [7, 11) is 1.97. The van der Waals surface area contributed by atoms with Crippen molar-refractivity contribution in [1.82, 2.24) is 15.1 Å². The van der Waals surface area contributed by atoms with Crippen molar-refractivity contribution in [2.75, 3.05) is 13.6 Å². The molecule has 19 heavy (non-hydrogen) atoms. The van der Waals surface area contributed by atoms with Crippen molar-refractivity contribution in [2.24, 2.45) is 0 Å². The van der Waals surface area contributed by atoms with Crippen LogP contribution in [-0.4, -0.2) is 28.7 Å². The molecule has 2 rings (SSSR count). The summed E-state index contributed by atoms with van der Waals surface area (Å²) in [5.41, 5.74) is 0.975. The number of nitrogens with zero attached hydrogens (tertiary/aromatic N) is 3. The molecular weight excluding hydrogens is 245 g/mol. The van der Waals surface area contributed by atoms with E-state index in [0.717, 1.165) is 12.1 Å². The van der Waals surface area contributed by atoms with E-state index in [1.807, 2.05) is 24.1 Å². The summed E-state index contributed by atoms with van der Waals surface area (Å²) >= 11 is 0. The normalized spacial score (nSPS) is 11.6. The molecule has 2 aromatic rings. The van der Waals surface area contributed by atoms with E-state index >= 15 is 0 Å². The lowest BCUT2D eigenvalue weighted by Gasteiger charge is -2.10. The first-order valence-corrected chi connectivity index (χ1v) is 6.03. The van der Waals surface area contributed by atoms with Gasteiger partial charge >= 0.3 is 0 Å². The van der Waals surface area contributed by atoms with Crippen molar-refractivity contribution < 1.29 is 8.81 Å². The van der Waals surface area contributed by atoms with Gasteiger partial charge < -0.3 is 4.42 Å². The van der Waals surface area contributed by atoms with Crippen molar-refractivity contribution in [1.29, 1.82) is 0 Å². The maximum absolute atomic E-state index is 12.7. The lowest BCUT2D eigenvalue weighted by atomic mass is 10.2. The molecule has 0 unspecified atom stereocenters. The van der Waals surface area contributed by atoms with Gasteiger partial charge in [0.1, 0.15) is 5.82 Å². The van der Waals surface area contributed by atoms with Crippen LogP contribution in [0.15, 0.2) is 34.8 Å². The first-order valence-electron chi connectivity index (χ1n) is 6.03. The van der Waals surface area contributed by atoms with Gasteiger partial charge in [0, 0.05) is 13.5 Å². The number of aryl methyl sites for hydroxylation is 1. The molecular formula is C14H16FN3O. The third-order valence-electron chi connectivity index (χ3n) is 2.57. The Hall–Kier alpha value is -2.01. The van der Waals surface area contributed by atoms with Crippen LogP contribution in [0.25, 0.3) is 6.08 Å². The number of hydrogen-bond acceptors (Lipinski definition) is 4. The van der Waals surface area contributed by atoms with Crippen molar-refractivity contribution >= 4 is 6.08 Å². The van der Waals surface area contributed by atoms with Gasteiger partial charge in [-0.05, 0) is 24.7 Å². The maximum atomic E-state index is 12.7. The molecule has 4 nitrogen and oxygen atoms in total. The Balaban J connectivity index is 1.82. The van der Waals surface area contributed by atoms with Gasteiger partial charge in [0.15, 0.2) is 0 Å². The molecule has 5 heteroatoms. The molecule has 1 aromatic carbocycles. The fourth-order valence-electron chi connectivity index (χ4n) is 1.64. The summed E-state index contributed by atoms with van der Waals surface area (Å²) in [6, 6.07) is 6.38. The predicted octanol–water partition coefficient (Wildman–Crippen LogP) is 2.66. The third kappa shape index (κ3) is 4.30. The van der Waals surface area contributed by atoms with Gasteiger partial charge in [-0.15, -0.1) is 10.2 Å². The van der Waals surface area contributed by atoms with Gasteiger partial charge in [0.2, 0.25) is 11.8 Å². The third-order valence-corrected chi connectivity index (χ3v) is 2.57. The van der Waals surface area contributed by atoms with E-state index in [-0.39, 0.29) is 5.82 Å². The summed E-state index contributed by atoms with van der Waals surface area (Å²) in [4.78, 5) is 2.05. The first kappa shape index (κ1) is 13.4. The Kier molecular flexibility index (Phi) is 4.41. The van der Waals surface area contributed by atoms with Crippen LogP contribution < -0.4 is 0 Å². The smallest absolute Gasteiger partial charge is 0.230 e. The molecule has 0 N–H and O–H groups in total. The van der Waals surface area contributed by atoms with Crippen molar-refractivity contribution in [2.45, 2.75) is 13.5 Å². The predicted molar refractivity (Wildman–Crippen MR) is 70.8 cm³/mol. The van der Waals surface area contributed by atoms with Crippen molar-refractivity contribution in [3.63, 3.8) is 0 Å². The standard InChI is InChI=1S/C14H16FN3O/c1-11-16-17-14(19-11)10-18(2)9-3-4-12-5-7-13(15)8-6-12/h3-8H,9-10H2,1-2H3. The molecule has 0 aliphatic rings. The van der Waals surface area contributed by atoms with E-state index in [1.54, 1.807) is 19.1 Å². The zero-order valence-corrected chi connectivity index (χ0v) is 11.0. The van der Waals surface area contributed by atoms with E-state index in [4.69, 9.17) is 4.42 Å². The topological polar surface area (TPSA) is 42.2 Å². The van der Waals surface area contributed by atoms with E-state index in [9.17, 15) is 4.39 Å². The summed E-state index contributed by atoms with van der Waals surface area (Å²) in [5.74, 6) is 0.960. The highest BCUT2D eigenvalue weighted by Gasteiger charge is 2.04. The highest BCUT2D eigenvalue weighted by molar-refractivity contribution is 5.48. The highest BCUT2D eigenvalue weighted by atomic mass is 19.1. The van der Waals surface area contributed by atoms with Crippen LogP contribution in [0.4, 0.5) is 4.39 Å². The summed E-state index contributed by atoms with van der Waals surface area (Å²) in [6.07, 6.45) is 3.96. The van der Waals surface area contributed by atoms with Crippen LogP contribution in [0.1, 0.15) is 17.3 Å². The lowest BCUT2D eigenvalue weighted by molar-refractivity contribution is 0.311. The second-order valence-corrected chi connectivity index (χ2v) is 4.37. The fraction of sp³-hybridized carbons (Fsp3) is 0.286. The molecule has 0 amide bonds. The number of benzene rings is 1. The van der Waals surface area contributed by atoms with E-state index in [2.05, 4.69) is 10.2 Å². The van der Waals surface area contributed by atoms with Gasteiger partial charge in [-0.3, -0.25) is 4.90 Å². The monoisotopic (exact) mass is 261 g/mol. The van der Waals surface area contributed by atoms with Gasteiger partial charge in [0.25, 0.3) is 0 Å². The van der Waals surface area contributed by atoms with Crippen molar-refractivity contribution in [3.05, 3.63) is 53.5 Å². The zero-order chi connectivity index (χ0) is 13.7. The van der Waals surface area contributed by atoms with Crippen LogP contribution >= 0.6 is 0 Å². The minimum Gasteiger partial charge on any atom is -0.424 e. The lowest BCUT2D eigenvalue weighted by Crippen LogP contribution is -2.17. The van der Waals surface area contributed by atoms with Gasteiger partial charge in [-0.1, -0.05) is 24.3 Å². The largest absolute Gasteiger partial charge is 0.424 e. The second kappa shape index (κ2) is 6.24. The fourth-order valence-corrected chi connectivity index (χ4v) is 1.64. The Labute approximate surface area is 111 Å². The molecule has 0 bridgehead atoms. The Morgan fingerprint density at radius 2 is 2.00 bits per heavy atom. The Bertz CT molecular complexity index is 548. The molecule has 0 atom stereocenters. The highest BCUT2D eigenvalue weighted by Crippen LogP contribution is 2.05. The molecule has 1 aromatic heterocycles. The van der Waals surface area contributed by atoms with E-state index in [1.165, 1.54) is 12.1 Å².